The van der Waals surface area contributed by atoms with Gasteiger partial charge in [-0.1, -0.05) is 30.3 Å². The summed E-state index contributed by atoms with van der Waals surface area (Å²) in [6.07, 6.45) is 4.88. The molecule has 0 bridgehead atoms. The second-order valence-corrected chi connectivity index (χ2v) is 6.65. The zero-order valence-corrected chi connectivity index (χ0v) is 16.1. The van der Waals surface area contributed by atoms with Crippen LogP contribution >= 0.6 is 0 Å². The van der Waals surface area contributed by atoms with Crippen molar-refractivity contribution < 1.29 is 9.85 Å². The lowest BCUT2D eigenvalue weighted by molar-refractivity contribution is -0.384. The van der Waals surface area contributed by atoms with Gasteiger partial charge in [0.15, 0.2) is 0 Å². The number of fused-ring (bicyclic) bond motifs is 1. The smallest absolute Gasteiger partial charge is 0.313 e. The fraction of sp³-hybridized carbons (Fsp3) is 0.0476. The van der Waals surface area contributed by atoms with Crippen molar-refractivity contribution >= 4 is 34.3 Å². The van der Waals surface area contributed by atoms with Gasteiger partial charge in [0, 0.05) is 53.6 Å². The first kappa shape index (κ1) is 19.7. The van der Waals surface area contributed by atoms with Crippen molar-refractivity contribution in [3.05, 3.63) is 104 Å². The minimum Gasteiger partial charge on any atom is -0.342 e. The number of para-hydroxylation sites is 1. The van der Waals surface area contributed by atoms with Crippen molar-refractivity contribution in [3.63, 3.8) is 0 Å². The summed E-state index contributed by atoms with van der Waals surface area (Å²) in [5.74, 6) is 0.0454. The molecule has 10 nitrogen and oxygen atoms in total. The lowest BCUT2D eigenvalue weighted by Crippen LogP contribution is -1.99. The summed E-state index contributed by atoms with van der Waals surface area (Å²) in [6, 6.07) is 17.0. The highest BCUT2D eigenvalue weighted by atomic mass is 16.6. The lowest BCUT2D eigenvalue weighted by atomic mass is 10.2. The van der Waals surface area contributed by atoms with E-state index in [0.29, 0.717) is 6.54 Å². The highest BCUT2D eigenvalue weighted by molar-refractivity contribution is 5.99. The Morgan fingerprint density at radius 3 is 2.68 bits per heavy atom. The Morgan fingerprint density at radius 2 is 1.87 bits per heavy atom. The van der Waals surface area contributed by atoms with Gasteiger partial charge in [0.05, 0.1) is 16.1 Å². The monoisotopic (exact) mass is 416 g/mol. The van der Waals surface area contributed by atoms with Gasteiger partial charge in [-0.2, -0.15) is 5.10 Å². The summed E-state index contributed by atoms with van der Waals surface area (Å²) < 4.78 is 1.97. The van der Waals surface area contributed by atoms with Crippen molar-refractivity contribution in [3.8, 4) is 0 Å². The van der Waals surface area contributed by atoms with Gasteiger partial charge >= 0.3 is 5.69 Å². The number of anilines is 1. The fourth-order valence-corrected chi connectivity index (χ4v) is 3.27. The van der Waals surface area contributed by atoms with Gasteiger partial charge in [-0.3, -0.25) is 25.7 Å². The van der Waals surface area contributed by atoms with Crippen LogP contribution in [0, 0.1) is 20.2 Å². The van der Waals surface area contributed by atoms with Crippen LogP contribution in [0.15, 0.2) is 78.2 Å². The number of rotatable bonds is 7. The summed E-state index contributed by atoms with van der Waals surface area (Å²) in [7, 11) is 0. The molecule has 2 aromatic carbocycles. The van der Waals surface area contributed by atoms with Gasteiger partial charge in [0.25, 0.3) is 5.69 Å². The lowest BCUT2D eigenvalue weighted by Gasteiger charge is -2.05. The Bertz CT molecular complexity index is 1310. The van der Waals surface area contributed by atoms with Gasteiger partial charge in [-0.25, -0.2) is 4.98 Å². The van der Waals surface area contributed by atoms with E-state index in [0.717, 1.165) is 22.0 Å². The van der Waals surface area contributed by atoms with E-state index in [1.165, 1.54) is 24.4 Å². The fourth-order valence-electron chi connectivity index (χ4n) is 3.27. The van der Waals surface area contributed by atoms with Gasteiger partial charge in [-0.15, -0.1) is 0 Å². The minimum absolute atomic E-state index is 0.0388. The Labute approximate surface area is 175 Å². The van der Waals surface area contributed by atoms with Crippen LogP contribution in [-0.4, -0.2) is 25.6 Å². The second-order valence-electron chi connectivity index (χ2n) is 6.65. The second kappa shape index (κ2) is 8.41. The van der Waals surface area contributed by atoms with Crippen LogP contribution in [0.5, 0.6) is 0 Å². The van der Waals surface area contributed by atoms with E-state index in [4.69, 9.17) is 0 Å². The molecule has 0 unspecified atom stereocenters. The normalized spacial score (nSPS) is 11.1. The number of benzene rings is 2. The summed E-state index contributed by atoms with van der Waals surface area (Å²) in [5.41, 5.74) is 4.99. The number of nitrogens with zero attached hydrogens (tertiary/aromatic N) is 5. The molecule has 10 heteroatoms. The van der Waals surface area contributed by atoms with Crippen molar-refractivity contribution in [2.75, 3.05) is 5.43 Å². The van der Waals surface area contributed by atoms with Crippen molar-refractivity contribution in [2.45, 2.75) is 6.54 Å². The summed E-state index contributed by atoms with van der Waals surface area (Å²) in [6.45, 7) is 0.440. The van der Waals surface area contributed by atoms with Crippen LogP contribution in [-0.2, 0) is 6.54 Å². The largest absolute Gasteiger partial charge is 0.342 e. The number of aromatic nitrogens is 2. The van der Waals surface area contributed by atoms with E-state index in [1.54, 1.807) is 18.3 Å². The number of nitro groups is 2. The van der Waals surface area contributed by atoms with Crippen LogP contribution < -0.4 is 5.43 Å². The molecule has 0 radical (unpaired) electrons. The van der Waals surface area contributed by atoms with Crippen LogP contribution in [0.2, 0.25) is 0 Å². The first-order valence-corrected chi connectivity index (χ1v) is 9.22. The predicted octanol–water partition coefficient (Wildman–Crippen LogP) is 4.35. The van der Waals surface area contributed by atoms with Crippen molar-refractivity contribution in [2.24, 2.45) is 5.10 Å². The maximum atomic E-state index is 11.1. The molecule has 4 rings (SSSR count). The number of nitro benzene ring substituents is 1. The number of hydrazone groups is 1. The molecule has 0 spiro atoms. The maximum Gasteiger partial charge on any atom is 0.313 e. The molecule has 0 atom stereocenters. The Balaban J connectivity index is 1.63. The zero-order chi connectivity index (χ0) is 21.8. The van der Waals surface area contributed by atoms with E-state index in [-0.39, 0.29) is 17.2 Å². The first-order valence-electron chi connectivity index (χ1n) is 9.22. The van der Waals surface area contributed by atoms with Crippen LogP contribution in [0.3, 0.4) is 0 Å². The first-order chi connectivity index (χ1) is 15.0. The predicted molar refractivity (Wildman–Crippen MR) is 116 cm³/mol. The number of hydrogen-bond acceptors (Lipinski definition) is 7. The number of nitrogens with one attached hydrogen (secondary N) is 1. The Morgan fingerprint density at radius 1 is 1.03 bits per heavy atom. The molecule has 0 aliphatic carbocycles. The summed E-state index contributed by atoms with van der Waals surface area (Å²) in [5, 5.41) is 27.2. The molecule has 1 N–H and O–H groups in total. The van der Waals surface area contributed by atoms with Gasteiger partial charge in [0.2, 0.25) is 5.82 Å². The maximum absolute atomic E-state index is 11.1. The standard InChI is InChI=1S/C21H16N6O4/c28-26(29)17-6-3-5-15(11-17)13-25-14-16(18-7-1-2-8-19(18)25)12-23-24-21-20(27(30)31)9-4-10-22-21/h1-12,14H,13H2,(H,22,24)/b23-12-. The molecule has 2 heterocycles. The minimum atomic E-state index is -0.532. The molecule has 4 aromatic rings. The van der Waals surface area contributed by atoms with E-state index in [2.05, 4.69) is 15.5 Å². The number of pyridine rings is 1. The van der Waals surface area contributed by atoms with E-state index in [1.807, 2.05) is 41.1 Å². The highest BCUT2D eigenvalue weighted by Gasteiger charge is 2.13. The average molecular weight is 416 g/mol. The van der Waals surface area contributed by atoms with Gasteiger partial charge in [0.1, 0.15) is 0 Å². The molecule has 154 valence electrons. The molecule has 0 saturated carbocycles. The van der Waals surface area contributed by atoms with Crippen LogP contribution in [0.25, 0.3) is 10.9 Å². The highest BCUT2D eigenvalue weighted by Crippen LogP contribution is 2.23. The third-order valence-electron chi connectivity index (χ3n) is 4.65. The molecule has 0 aliphatic heterocycles. The Hall–Kier alpha value is -4.60. The molecule has 0 fully saturated rings. The van der Waals surface area contributed by atoms with E-state index < -0.39 is 9.85 Å². The van der Waals surface area contributed by atoms with Gasteiger partial charge in [-0.05, 0) is 17.7 Å². The molecule has 0 aliphatic rings. The average Bonchev–Trinajstić information content (AvgIpc) is 3.11. The molecular weight excluding hydrogens is 400 g/mol. The van der Waals surface area contributed by atoms with E-state index >= 15 is 0 Å². The summed E-state index contributed by atoms with van der Waals surface area (Å²) >= 11 is 0. The number of hydrogen-bond donors (Lipinski definition) is 1. The number of non-ortho nitro benzene ring substituents is 1. The third-order valence-corrected chi connectivity index (χ3v) is 4.65. The molecular formula is C21H16N6O4. The molecule has 31 heavy (non-hydrogen) atoms. The summed E-state index contributed by atoms with van der Waals surface area (Å²) in [4.78, 5) is 25.2. The molecule has 0 amide bonds. The Kier molecular flexibility index (Phi) is 5.35. The van der Waals surface area contributed by atoms with Crippen LogP contribution in [0.4, 0.5) is 17.2 Å². The van der Waals surface area contributed by atoms with Crippen molar-refractivity contribution in [1.29, 1.82) is 0 Å². The van der Waals surface area contributed by atoms with E-state index in [9.17, 15) is 20.2 Å². The zero-order valence-electron chi connectivity index (χ0n) is 16.1. The van der Waals surface area contributed by atoms with Gasteiger partial charge < -0.3 is 4.57 Å². The third kappa shape index (κ3) is 4.22. The SMILES string of the molecule is O=[N+]([O-])c1cccc(Cn2cc(/C=N\Nc3ncccc3[N+](=O)[O-])c3ccccc32)c1. The molecule has 2 aromatic heterocycles. The van der Waals surface area contributed by atoms with Crippen LogP contribution in [0.1, 0.15) is 11.1 Å². The molecule has 0 saturated heterocycles. The quantitative estimate of drug-likeness (QED) is 0.271. The van der Waals surface area contributed by atoms with Crippen molar-refractivity contribution in [1.82, 2.24) is 9.55 Å². The topological polar surface area (TPSA) is 128 Å².